The van der Waals surface area contributed by atoms with Gasteiger partial charge in [-0.25, -0.2) is 4.79 Å². The molecule has 2 unspecified atom stereocenters. The van der Waals surface area contributed by atoms with Crippen LogP contribution in [0.3, 0.4) is 0 Å². The van der Waals surface area contributed by atoms with E-state index in [4.69, 9.17) is 0 Å². The minimum atomic E-state index is 0.129. The van der Waals surface area contributed by atoms with Gasteiger partial charge in [0.05, 0.1) is 6.04 Å². The number of rotatable bonds is 4. The van der Waals surface area contributed by atoms with Gasteiger partial charge in [0.1, 0.15) is 0 Å². The minimum Gasteiger partial charge on any atom is -0.333 e. The predicted molar refractivity (Wildman–Crippen MR) is 64.3 cm³/mol. The van der Waals surface area contributed by atoms with Crippen LogP contribution in [0.25, 0.3) is 0 Å². The van der Waals surface area contributed by atoms with Crippen LogP contribution in [0.4, 0.5) is 4.79 Å². The summed E-state index contributed by atoms with van der Waals surface area (Å²) in [6.45, 7) is 8.40. The highest BCUT2D eigenvalue weighted by molar-refractivity contribution is 5.76. The van der Waals surface area contributed by atoms with Crippen molar-refractivity contribution in [3.8, 4) is 0 Å². The summed E-state index contributed by atoms with van der Waals surface area (Å²) in [5.74, 6) is 1.30. The van der Waals surface area contributed by atoms with Gasteiger partial charge in [0.2, 0.25) is 0 Å². The van der Waals surface area contributed by atoms with Gasteiger partial charge in [0.15, 0.2) is 0 Å². The molecule has 16 heavy (non-hydrogen) atoms. The highest BCUT2D eigenvalue weighted by Gasteiger charge is 2.30. The van der Waals surface area contributed by atoms with Gasteiger partial charge < -0.3 is 15.5 Å². The highest BCUT2D eigenvalue weighted by atomic mass is 16.2. The normalized spacial score (nSPS) is 30.2. The average molecular weight is 225 g/mol. The van der Waals surface area contributed by atoms with E-state index in [-0.39, 0.29) is 6.03 Å². The predicted octanol–water partition coefficient (Wildman–Crippen LogP) is 1.04. The monoisotopic (exact) mass is 225 g/mol. The molecule has 2 atom stereocenters. The molecule has 0 bridgehead atoms. The van der Waals surface area contributed by atoms with Crippen LogP contribution in [0.2, 0.25) is 0 Å². The Bertz CT molecular complexity index is 249. The van der Waals surface area contributed by atoms with Crippen LogP contribution in [0.1, 0.15) is 26.7 Å². The van der Waals surface area contributed by atoms with Crippen molar-refractivity contribution in [3.05, 3.63) is 0 Å². The van der Waals surface area contributed by atoms with Gasteiger partial charge in [-0.2, -0.15) is 0 Å². The number of hydrogen-bond donors (Lipinski definition) is 2. The fraction of sp³-hybridized carbons (Fsp3) is 0.917. The zero-order valence-corrected chi connectivity index (χ0v) is 10.3. The average Bonchev–Trinajstić information content (AvgIpc) is 2.84. The van der Waals surface area contributed by atoms with E-state index >= 15 is 0 Å². The Hall–Kier alpha value is -0.770. The molecule has 2 rings (SSSR count). The van der Waals surface area contributed by atoms with Crippen molar-refractivity contribution in [2.45, 2.75) is 32.7 Å². The lowest BCUT2D eigenvalue weighted by molar-refractivity contribution is 0.214. The lowest BCUT2D eigenvalue weighted by Gasteiger charge is -2.17. The van der Waals surface area contributed by atoms with Crippen LogP contribution in [-0.4, -0.2) is 43.2 Å². The number of carbonyl (C=O) groups excluding carboxylic acids is 1. The summed E-state index contributed by atoms with van der Waals surface area (Å²) in [5.41, 5.74) is 0. The van der Waals surface area contributed by atoms with Gasteiger partial charge in [-0.1, -0.05) is 13.8 Å². The summed E-state index contributed by atoms with van der Waals surface area (Å²) in [6, 6.07) is 0.471. The summed E-state index contributed by atoms with van der Waals surface area (Å²) in [4.78, 5) is 13.7. The molecule has 4 heteroatoms. The summed E-state index contributed by atoms with van der Waals surface area (Å²) in [6.07, 6.45) is 2.41. The maximum Gasteiger partial charge on any atom is 0.317 e. The summed E-state index contributed by atoms with van der Waals surface area (Å²) in [5, 5.41) is 6.42. The summed E-state index contributed by atoms with van der Waals surface area (Å²) >= 11 is 0. The molecule has 2 aliphatic heterocycles. The molecule has 92 valence electrons. The molecule has 0 saturated carbocycles. The Balaban J connectivity index is 1.75. The molecule has 2 heterocycles. The Morgan fingerprint density at radius 1 is 1.50 bits per heavy atom. The van der Waals surface area contributed by atoms with E-state index in [0.29, 0.717) is 12.0 Å². The van der Waals surface area contributed by atoms with E-state index in [1.54, 1.807) is 0 Å². The second kappa shape index (κ2) is 5.04. The van der Waals surface area contributed by atoms with E-state index in [2.05, 4.69) is 24.5 Å². The van der Waals surface area contributed by atoms with E-state index in [0.717, 1.165) is 38.5 Å². The Morgan fingerprint density at radius 2 is 2.31 bits per heavy atom. The maximum atomic E-state index is 11.7. The minimum absolute atomic E-state index is 0.129. The number of urea groups is 1. The van der Waals surface area contributed by atoms with Crippen molar-refractivity contribution in [2.75, 3.05) is 26.2 Å². The van der Waals surface area contributed by atoms with Gasteiger partial charge in [-0.3, -0.25) is 0 Å². The third-order valence-corrected chi connectivity index (χ3v) is 3.79. The van der Waals surface area contributed by atoms with Crippen molar-refractivity contribution in [1.82, 2.24) is 15.5 Å². The molecular formula is C12H23N3O. The number of carbonyl (C=O) groups is 1. The molecular weight excluding hydrogens is 202 g/mol. The van der Waals surface area contributed by atoms with Gasteiger partial charge in [0, 0.05) is 13.1 Å². The first kappa shape index (κ1) is 11.7. The standard InChI is InChI=1S/C12H23N3O/c1-9(2)11-8-15(12(16)14-11)6-4-10-3-5-13-7-10/h9-11,13H,3-8H2,1-2H3,(H,14,16). The number of nitrogens with zero attached hydrogens (tertiary/aromatic N) is 1. The van der Waals surface area contributed by atoms with Crippen molar-refractivity contribution in [1.29, 1.82) is 0 Å². The molecule has 2 fully saturated rings. The molecule has 0 aromatic heterocycles. The SMILES string of the molecule is CC(C)C1CN(CCC2CCNC2)C(=O)N1. The second-order valence-corrected chi connectivity index (χ2v) is 5.39. The first-order valence-electron chi connectivity index (χ1n) is 6.43. The molecule has 0 aliphatic carbocycles. The van der Waals surface area contributed by atoms with Gasteiger partial charge >= 0.3 is 6.03 Å². The molecule has 2 N–H and O–H groups in total. The van der Waals surface area contributed by atoms with Crippen LogP contribution < -0.4 is 10.6 Å². The molecule has 0 aromatic carbocycles. The summed E-state index contributed by atoms with van der Waals surface area (Å²) in [7, 11) is 0. The Labute approximate surface area is 97.8 Å². The van der Waals surface area contributed by atoms with E-state index < -0.39 is 0 Å². The lowest BCUT2D eigenvalue weighted by Crippen LogP contribution is -2.31. The van der Waals surface area contributed by atoms with E-state index in [1.807, 2.05) is 4.90 Å². The molecule has 0 spiro atoms. The van der Waals surface area contributed by atoms with Crippen LogP contribution in [0.5, 0.6) is 0 Å². The van der Waals surface area contributed by atoms with Crippen LogP contribution >= 0.6 is 0 Å². The summed E-state index contributed by atoms with van der Waals surface area (Å²) < 4.78 is 0. The zero-order valence-electron chi connectivity index (χ0n) is 10.3. The van der Waals surface area contributed by atoms with Gasteiger partial charge in [-0.15, -0.1) is 0 Å². The van der Waals surface area contributed by atoms with E-state index in [1.165, 1.54) is 6.42 Å². The van der Waals surface area contributed by atoms with Crippen molar-refractivity contribution < 1.29 is 4.79 Å². The Morgan fingerprint density at radius 3 is 2.88 bits per heavy atom. The molecule has 2 amide bonds. The Kier molecular flexibility index (Phi) is 3.69. The molecule has 4 nitrogen and oxygen atoms in total. The zero-order chi connectivity index (χ0) is 11.5. The molecule has 0 radical (unpaired) electrons. The van der Waals surface area contributed by atoms with Crippen LogP contribution in [0.15, 0.2) is 0 Å². The first-order chi connectivity index (χ1) is 7.66. The number of amides is 2. The molecule has 2 saturated heterocycles. The van der Waals surface area contributed by atoms with Crippen molar-refractivity contribution in [2.24, 2.45) is 11.8 Å². The first-order valence-corrected chi connectivity index (χ1v) is 6.43. The van der Waals surface area contributed by atoms with E-state index in [9.17, 15) is 4.79 Å². The third kappa shape index (κ3) is 2.67. The number of hydrogen-bond acceptors (Lipinski definition) is 2. The lowest BCUT2D eigenvalue weighted by atomic mass is 10.0. The van der Waals surface area contributed by atoms with Crippen molar-refractivity contribution in [3.63, 3.8) is 0 Å². The fourth-order valence-electron chi connectivity index (χ4n) is 2.49. The van der Waals surface area contributed by atoms with Crippen LogP contribution in [0, 0.1) is 11.8 Å². The third-order valence-electron chi connectivity index (χ3n) is 3.79. The van der Waals surface area contributed by atoms with Crippen molar-refractivity contribution >= 4 is 6.03 Å². The largest absolute Gasteiger partial charge is 0.333 e. The highest BCUT2D eigenvalue weighted by Crippen LogP contribution is 2.16. The van der Waals surface area contributed by atoms with Crippen LogP contribution in [-0.2, 0) is 0 Å². The smallest absolute Gasteiger partial charge is 0.317 e. The maximum absolute atomic E-state index is 11.7. The molecule has 2 aliphatic rings. The van der Waals surface area contributed by atoms with Gasteiger partial charge in [-0.05, 0) is 37.8 Å². The second-order valence-electron chi connectivity index (χ2n) is 5.39. The number of nitrogens with one attached hydrogen (secondary N) is 2. The fourth-order valence-corrected chi connectivity index (χ4v) is 2.49. The topological polar surface area (TPSA) is 44.4 Å². The quantitative estimate of drug-likeness (QED) is 0.751. The van der Waals surface area contributed by atoms with Gasteiger partial charge in [0.25, 0.3) is 0 Å². The molecule has 0 aromatic rings.